The third kappa shape index (κ3) is 3.00. The maximum absolute atomic E-state index is 10.9. The van der Waals surface area contributed by atoms with E-state index in [0.29, 0.717) is 11.5 Å². The fourth-order valence-electron chi connectivity index (χ4n) is 1.54. The number of rotatable bonds is 4. The number of hydrogen-bond acceptors (Lipinski definition) is 6. The minimum atomic E-state index is -1.08. The first-order valence-electron chi connectivity index (χ1n) is 5.66. The molecule has 0 fully saturated rings. The summed E-state index contributed by atoms with van der Waals surface area (Å²) in [5.74, 6) is -0.721. The Kier molecular flexibility index (Phi) is 3.66. The molecule has 0 amide bonds. The molecule has 1 unspecified atom stereocenters. The molecule has 2 rings (SSSR count). The first-order valence-corrected chi connectivity index (χ1v) is 6.47. The smallest absolute Gasteiger partial charge is 0.354 e. The summed E-state index contributed by atoms with van der Waals surface area (Å²) >= 11 is 1.57. The van der Waals surface area contributed by atoms with Crippen molar-refractivity contribution in [2.24, 2.45) is 0 Å². The van der Waals surface area contributed by atoms with Gasteiger partial charge in [0.25, 0.3) is 0 Å². The number of nitrogen functional groups attached to an aromatic ring is 1. The fourth-order valence-corrected chi connectivity index (χ4v) is 2.32. The van der Waals surface area contributed by atoms with Gasteiger partial charge >= 0.3 is 5.97 Å². The summed E-state index contributed by atoms with van der Waals surface area (Å²) in [7, 11) is 0. The Balaban J connectivity index is 2.22. The number of aromatic carboxylic acids is 1. The number of carboxylic acids is 1. The number of anilines is 2. The predicted octanol–water partition coefficient (Wildman–Crippen LogP) is 2.30. The van der Waals surface area contributed by atoms with Crippen LogP contribution < -0.4 is 11.1 Å². The van der Waals surface area contributed by atoms with E-state index in [4.69, 9.17) is 10.8 Å². The van der Waals surface area contributed by atoms with Crippen molar-refractivity contribution in [1.29, 1.82) is 0 Å². The number of nitrogens with one attached hydrogen (secondary N) is 1. The summed E-state index contributed by atoms with van der Waals surface area (Å²) in [4.78, 5) is 20.3. The number of hydrogen-bond donors (Lipinski definition) is 3. The van der Waals surface area contributed by atoms with E-state index in [2.05, 4.69) is 15.3 Å². The summed E-state index contributed by atoms with van der Waals surface area (Å²) < 4.78 is 0. The number of carbonyl (C=O) groups is 1. The SMILES string of the molecule is Cc1cnc(C(C)Nc2nc(C(=O)O)ccc2N)s1. The van der Waals surface area contributed by atoms with Crippen molar-refractivity contribution in [3.05, 3.63) is 33.9 Å². The Labute approximate surface area is 114 Å². The zero-order valence-corrected chi connectivity index (χ0v) is 11.4. The summed E-state index contributed by atoms with van der Waals surface area (Å²) in [6.45, 7) is 3.90. The molecule has 7 heteroatoms. The summed E-state index contributed by atoms with van der Waals surface area (Å²) in [6, 6.07) is 2.82. The lowest BCUT2D eigenvalue weighted by Gasteiger charge is -2.14. The molecule has 0 aliphatic heterocycles. The van der Waals surface area contributed by atoms with Gasteiger partial charge in [-0.15, -0.1) is 11.3 Å². The van der Waals surface area contributed by atoms with Crippen LogP contribution in [0.1, 0.15) is 33.3 Å². The molecule has 19 heavy (non-hydrogen) atoms. The van der Waals surface area contributed by atoms with Gasteiger partial charge in [-0.3, -0.25) is 0 Å². The van der Waals surface area contributed by atoms with Crippen LogP contribution in [0.15, 0.2) is 18.3 Å². The molecule has 1 atom stereocenters. The first-order chi connectivity index (χ1) is 8.97. The highest BCUT2D eigenvalue weighted by atomic mass is 32.1. The number of carboxylic acid groups (broad SMARTS) is 1. The topological polar surface area (TPSA) is 101 Å². The largest absolute Gasteiger partial charge is 0.477 e. The molecule has 6 nitrogen and oxygen atoms in total. The lowest BCUT2D eigenvalue weighted by molar-refractivity contribution is 0.0690. The average molecular weight is 278 g/mol. The maximum atomic E-state index is 10.9. The van der Waals surface area contributed by atoms with Crippen molar-refractivity contribution in [3.63, 3.8) is 0 Å². The van der Waals surface area contributed by atoms with Gasteiger partial charge in [0.1, 0.15) is 5.01 Å². The van der Waals surface area contributed by atoms with Gasteiger partial charge in [0, 0.05) is 11.1 Å². The van der Waals surface area contributed by atoms with E-state index in [1.807, 2.05) is 13.8 Å². The molecule has 2 aromatic heterocycles. The van der Waals surface area contributed by atoms with E-state index < -0.39 is 5.97 Å². The van der Waals surface area contributed by atoms with Gasteiger partial charge in [-0.1, -0.05) is 0 Å². The molecule has 0 saturated heterocycles. The quantitative estimate of drug-likeness (QED) is 0.793. The van der Waals surface area contributed by atoms with Crippen LogP contribution in [0, 0.1) is 6.92 Å². The van der Waals surface area contributed by atoms with Crippen LogP contribution in [0.3, 0.4) is 0 Å². The van der Waals surface area contributed by atoms with Crippen LogP contribution in [-0.4, -0.2) is 21.0 Å². The molecule has 0 radical (unpaired) electrons. The number of aromatic nitrogens is 2. The summed E-state index contributed by atoms with van der Waals surface area (Å²) in [5, 5.41) is 12.9. The predicted molar refractivity (Wildman–Crippen MR) is 74.5 cm³/mol. The first kappa shape index (κ1) is 13.3. The summed E-state index contributed by atoms with van der Waals surface area (Å²) in [5.41, 5.74) is 6.15. The standard InChI is InChI=1S/C12H14N4O2S/c1-6-5-14-11(19-6)7(2)15-10-8(13)3-4-9(16-10)12(17)18/h3-5,7H,13H2,1-2H3,(H,15,16)(H,17,18). The normalized spacial score (nSPS) is 12.1. The maximum Gasteiger partial charge on any atom is 0.354 e. The van der Waals surface area contributed by atoms with E-state index in [0.717, 1.165) is 9.88 Å². The monoisotopic (exact) mass is 278 g/mol. The van der Waals surface area contributed by atoms with Crippen molar-refractivity contribution in [2.75, 3.05) is 11.1 Å². The zero-order chi connectivity index (χ0) is 14.0. The molecule has 0 spiro atoms. The Hall–Kier alpha value is -2.15. The van der Waals surface area contributed by atoms with Gasteiger partial charge in [0.05, 0.1) is 11.7 Å². The van der Waals surface area contributed by atoms with E-state index in [1.165, 1.54) is 12.1 Å². The number of nitrogens with zero attached hydrogens (tertiary/aromatic N) is 2. The van der Waals surface area contributed by atoms with Crippen molar-refractivity contribution in [1.82, 2.24) is 9.97 Å². The van der Waals surface area contributed by atoms with Crippen molar-refractivity contribution in [2.45, 2.75) is 19.9 Å². The van der Waals surface area contributed by atoms with E-state index in [1.54, 1.807) is 17.5 Å². The lowest BCUT2D eigenvalue weighted by atomic mass is 10.3. The highest BCUT2D eigenvalue weighted by molar-refractivity contribution is 7.11. The van der Waals surface area contributed by atoms with E-state index in [9.17, 15) is 4.79 Å². The molecular formula is C12H14N4O2S. The minimum absolute atomic E-state index is 0.0424. The van der Waals surface area contributed by atoms with Gasteiger partial charge in [-0.25, -0.2) is 14.8 Å². The Morgan fingerprint density at radius 1 is 1.53 bits per heavy atom. The van der Waals surface area contributed by atoms with Crippen LogP contribution in [0.5, 0.6) is 0 Å². The number of thiazole rings is 1. The second-order valence-electron chi connectivity index (χ2n) is 4.11. The van der Waals surface area contributed by atoms with Crippen LogP contribution >= 0.6 is 11.3 Å². The van der Waals surface area contributed by atoms with Gasteiger partial charge in [-0.05, 0) is 26.0 Å². The second-order valence-corrected chi connectivity index (χ2v) is 5.38. The van der Waals surface area contributed by atoms with Crippen LogP contribution in [0.2, 0.25) is 0 Å². The van der Waals surface area contributed by atoms with Crippen molar-refractivity contribution >= 4 is 28.8 Å². The van der Waals surface area contributed by atoms with Gasteiger partial charge in [0.2, 0.25) is 0 Å². The van der Waals surface area contributed by atoms with E-state index in [-0.39, 0.29) is 11.7 Å². The van der Waals surface area contributed by atoms with Crippen molar-refractivity contribution < 1.29 is 9.90 Å². The van der Waals surface area contributed by atoms with Gasteiger partial charge in [-0.2, -0.15) is 0 Å². The van der Waals surface area contributed by atoms with Crippen LogP contribution in [-0.2, 0) is 0 Å². The zero-order valence-electron chi connectivity index (χ0n) is 10.5. The molecule has 0 aliphatic carbocycles. The van der Waals surface area contributed by atoms with Crippen LogP contribution in [0.4, 0.5) is 11.5 Å². The molecular weight excluding hydrogens is 264 g/mol. The Bertz CT molecular complexity index is 612. The number of pyridine rings is 1. The van der Waals surface area contributed by atoms with E-state index >= 15 is 0 Å². The molecule has 2 heterocycles. The van der Waals surface area contributed by atoms with Crippen molar-refractivity contribution in [3.8, 4) is 0 Å². The Morgan fingerprint density at radius 3 is 2.84 bits per heavy atom. The number of nitrogens with two attached hydrogens (primary N) is 1. The highest BCUT2D eigenvalue weighted by Crippen LogP contribution is 2.25. The molecule has 0 aliphatic rings. The molecule has 2 aromatic rings. The minimum Gasteiger partial charge on any atom is -0.477 e. The molecule has 0 bridgehead atoms. The summed E-state index contributed by atoms with van der Waals surface area (Å²) in [6.07, 6.45) is 1.79. The molecule has 4 N–H and O–H groups in total. The average Bonchev–Trinajstić information content (AvgIpc) is 2.78. The van der Waals surface area contributed by atoms with Gasteiger partial charge in [0.15, 0.2) is 11.5 Å². The fraction of sp³-hybridized carbons (Fsp3) is 0.250. The third-order valence-corrected chi connectivity index (χ3v) is 3.60. The third-order valence-electron chi connectivity index (χ3n) is 2.51. The Morgan fingerprint density at radius 2 is 2.26 bits per heavy atom. The highest BCUT2D eigenvalue weighted by Gasteiger charge is 2.14. The number of aryl methyl sites for hydroxylation is 1. The van der Waals surface area contributed by atoms with Gasteiger partial charge < -0.3 is 16.2 Å². The molecule has 100 valence electrons. The second kappa shape index (κ2) is 5.23. The lowest BCUT2D eigenvalue weighted by Crippen LogP contribution is -2.12. The van der Waals surface area contributed by atoms with Crippen LogP contribution in [0.25, 0.3) is 0 Å². The molecule has 0 aromatic carbocycles. The molecule has 0 saturated carbocycles.